The van der Waals surface area contributed by atoms with Crippen molar-refractivity contribution in [1.82, 2.24) is 4.98 Å². The van der Waals surface area contributed by atoms with Gasteiger partial charge in [0.25, 0.3) is 0 Å². The quantitative estimate of drug-likeness (QED) is 0.636. The smallest absolute Gasteiger partial charge is 0.304 e. The summed E-state index contributed by atoms with van der Waals surface area (Å²) in [5.74, 6) is 1.82. The van der Waals surface area contributed by atoms with Gasteiger partial charge in [0.2, 0.25) is 0 Å². The van der Waals surface area contributed by atoms with Gasteiger partial charge >= 0.3 is 5.82 Å². The Bertz CT molecular complexity index is 639. The third-order valence-electron chi connectivity index (χ3n) is 3.35. The van der Waals surface area contributed by atoms with Crippen LogP contribution >= 0.6 is 0 Å². The largest absolute Gasteiger partial charge is 0.711 e. The fraction of sp³-hybridized carbons (Fsp3) is 0.467. The Balaban J connectivity index is 2.84. The second-order valence-electron chi connectivity index (χ2n) is 4.94. The van der Waals surface area contributed by atoms with Crippen molar-refractivity contribution in [2.75, 3.05) is 14.2 Å². The van der Waals surface area contributed by atoms with E-state index in [2.05, 4.69) is 4.98 Å². The Labute approximate surface area is 118 Å². The van der Waals surface area contributed by atoms with Crippen molar-refractivity contribution in [2.45, 2.75) is 33.1 Å². The molecule has 1 heterocycles. The van der Waals surface area contributed by atoms with Crippen molar-refractivity contribution in [3.8, 4) is 11.5 Å². The van der Waals surface area contributed by atoms with Crippen LogP contribution in [0.1, 0.15) is 38.2 Å². The van der Waals surface area contributed by atoms with E-state index in [-0.39, 0.29) is 5.92 Å². The molecule has 5 nitrogen and oxygen atoms in total. The first-order chi connectivity index (χ1) is 9.53. The Hall–Kier alpha value is -2.04. The number of rotatable bonds is 4. The molecule has 0 aliphatic rings. The van der Waals surface area contributed by atoms with E-state index in [1.54, 1.807) is 14.2 Å². The number of nitrogens with zero attached hydrogens (tertiary/aromatic N) is 2. The Morgan fingerprint density at radius 2 is 1.80 bits per heavy atom. The fourth-order valence-electron chi connectivity index (χ4n) is 2.31. The summed E-state index contributed by atoms with van der Waals surface area (Å²) in [5, 5.41) is 13.2. The molecule has 0 amide bonds. The van der Waals surface area contributed by atoms with E-state index in [1.807, 2.05) is 32.9 Å². The Morgan fingerprint density at radius 3 is 2.30 bits per heavy atom. The molecule has 2 rings (SSSR count). The van der Waals surface area contributed by atoms with Crippen LogP contribution in [0.15, 0.2) is 12.1 Å². The molecule has 0 saturated carbocycles. The molecule has 0 aliphatic heterocycles. The molecule has 20 heavy (non-hydrogen) atoms. The molecular weight excluding hydrogens is 256 g/mol. The van der Waals surface area contributed by atoms with Gasteiger partial charge in [0.1, 0.15) is 5.69 Å². The highest BCUT2D eigenvalue weighted by molar-refractivity contribution is 5.84. The number of methoxy groups -OCH3 is 2. The van der Waals surface area contributed by atoms with Crippen LogP contribution in [0.4, 0.5) is 0 Å². The van der Waals surface area contributed by atoms with Gasteiger partial charge in [-0.25, -0.2) is 4.73 Å². The number of fused-ring (bicyclic) bond motifs is 1. The van der Waals surface area contributed by atoms with Crippen LogP contribution in [-0.4, -0.2) is 19.2 Å². The molecule has 108 valence electrons. The van der Waals surface area contributed by atoms with Crippen LogP contribution in [-0.2, 0) is 6.42 Å². The summed E-state index contributed by atoms with van der Waals surface area (Å²) in [4.78, 5) is 4.48. The molecule has 1 aromatic heterocycles. The lowest BCUT2D eigenvalue weighted by molar-refractivity contribution is -0.625. The van der Waals surface area contributed by atoms with Crippen molar-refractivity contribution in [3.63, 3.8) is 0 Å². The van der Waals surface area contributed by atoms with Gasteiger partial charge < -0.3 is 14.7 Å². The van der Waals surface area contributed by atoms with Gasteiger partial charge in [-0.05, 0) is 11.1 Å². The summed E-state index contributed by atoms with van der Waals surface area (Å²) >= 11 is 0. The average molecular weight is 276 g/mol. The molecule has 0 N–H and O–H groups in total. The van der Waals surface area contributed by atoms with Gasteiger partial charge in [0, 0.05) is 12.5 Å². The summed E-state index contributed by atoms with van der Waals surface area (Å²) in [5.41, 5.74) is 1.47. The number of benzene rings is 1. The van der Waals surface area contributed by atoms with E-state index in [0.717, 1.165) is 15.6 Å². The lowest BCUT2D eigenvalue weighted by Crippen LogP contribution is -2.38. The summed E-state index contributed by atoms with van der Waals surface area (Å²) < 4.78 is 11.5. The number of hydrogen-bond donors (Lipinski definition) is 0. The van der Waals surface area contributed by atoms with Gasteiger partial charge in [-0.2, -0.15) is 0 Å². The average Bonchev–Trinajstić information content (AvgIpc) is 2.44. The zero-order chi connectivity index (χ0) is 14.9. The van der Waals surface area contributed by atoms with Gasteiger partial charge in [0.05, 0.1) is 25.5 Å². The summed E-state index contributed by atoms with van der Waals surface area (Å²) in [6, 6.07) is 3.64. The molecule has 0 atom stereocenters. The molecule has 1 aromatic carbocycles. The first-order valence-electron chi connectivity index (χ1n) is 6.71. The zero-order valence-electron chi connectivity index (χ0n) is 12.6. The Kier molecular flexibility index (Phi) is 3.97. The minimum Gasteiger partial charge on any atom is -0.711 e. The van der Waals surface area contributed by atoms with Crippen molar-refractivity contribution in [3.05, 3.63) is 28.9 Å². The van der Waals surface area contributed by atoms with Crippen LogP contribution in [0, 0.1) is 5.21 Å². The van der Waals surface area contributed by atoms with Crippen molar-refractivity contribution >= 4 is 10.9 Å². The SMILES string of the molecule is CCc1c2cc(OC)c(OC)cc2nc(C(C)C)[n+]1[O-]. The van der Waals surface area contributed by atoms with Crippen molar-refractivity contribution in [2.24, 2.45) is 0 Å². The maximum Gasteiger partial charge on any atom is 0.304 e. The molecule has 0 spiro atoms. The molecule has 0 aliphatic carbocycles. The second-order valence-corrected chi connectivity index (χ2v) is 4.94. The standard InChI is InChI=1S/C15H20N2O3/c1-6-12-10-7-13(19-4)14(20-5)8-11(10)16-15(9(2)3)17(12)18/h7-9H,6H2,1-5H3. The number of hydrogen-bond acceptors (Lipinski definition) is 4. The van der Waals surface area contributed by atoms with Gasteiger partial charge in [-0.1, -0.05) is 20.8 Å². The molecule has 0 saturated heterocycles. The topological polar surface area (TPSA) is 58.3 Å². The fourth-order valence-corrected chi connectivity index (χ4v) is 2.31. The van der Waals surface area contributed by atoms with E-state index in [9.17, 15) is 5.21 Å². The molecule has 0 unspecified atom stereocenters. The molecule has 0 radical (unpaired) electrons. The molecule has 0 bridgehead atoms. The zero-order valence-corrected chi connectivity index (χ0v) is 12.6. The van der Waals surface area contributed by atoms with Crippen LogP contribution in [0.3, 0.4) is 0 Å². The van der Waals surface area contributed by atoms with Crippen molar-refractivity contribution < 1.29 is 14.2 Å². The number of ether oxygens (including phenoxy) is 2. The third kappa shape index (κ3) is 2.24. The van der Waals surface area contributed by atoms with Crippen LogP contribution in [0.25, 0.3) is 10.9 Å². The monoisotopic (exact) mass is 276 g/mol. The highest BCUT2D eigenvalue weighted by atomic mass is 16.5. The number of aryl methyl sites for hydroxylation is 1. The summed E-state index contributed by atoms with van der Waals surface area (Å²) in [6.07, 6.45) is 0.637. The van der Waals surface area contributed by atoms with E-state index >= 15 is 0 Å². The van der Waals surface area contributed by atoms with Crippen LogP contribution in [0.5, 0.6) is 11.5 Å². The maximum atomic E-state index is 12.4. The highest BCUT2D eigenvalue weighted by Gasteiger charge is 2.22. The lowest BCUT2D eigenvalue weighted by Gasteiger charge is -2.16. The van der Waals surface area contributed by atoms with Gasteiger partial charge in [-0.3, -0.25) is 0 Å². The van der Waals surface area contributed by atoms with Crippen LogP contribution in [0.2, 0.25) is 0 Å². The van der Waals surface area contributed by atoms with E-state index < -0.39 is 0 Å². The predicted molar refractivity (Wildman–Crippen MR) is 77.3 cm³/mol. The normalized spacial score (nSPS) is 11.1. The minimum absolute atomic E-state index is 0.0651. The van der Waals surface area contributed by atoms with Crippen LogP contribution < -0.4 is 14.2 Å². The summed E-state index contributed by atoms with van der Waals surface area (Å²) in [6.45, 7) is 5.88. The minimum atomic E-state index is 0.0651. The molecular formula is C15H20N2O3. The van der Waals surface area contributed by atoms with Gasteiger partial charge in [0.15, 0.2) is 17.0 Å². The number of aromatic nitrogens is 2. The Morgan fingerprint density at radius 1 is 1.20 bits per heavy atom. The van der Waals surface area contributed by atoms with E-state index in [4.69, 9.17) is 9.47 Å². The first kappa shape index (κ1) is 14.4. The van der Waals surface area contributed by atoms with Gasteiger partial charge in [-0.15, -0.1) is 0 Å². The maximum absolute atomic E-state index is 12.4. The van der Waals surface area contributed by atoms with E-state index in [0.29, 0.717) is 29.4 Å². The van der Waals surface area contributed by atoms with Crippen molar-refractivity contribution in [1.29, 1.82) is 0 Å². The molecule has 5 heteroatoms. The predicted octanol–water partition coefficient (Wildman–Crippen LogP) is 2.57. The first-order valence-corrected chi connectivity index (χ1v) is 6.71. The highest BCUT2D eigenvalue weighted by Crippen LogP contribution is 2.32. The summed E-state index contributed by atoms with van der Waals surface area (Å²) in [7, 11) is 3.17. The third-order valence-corrected chi connectivity index (χ3v) is 3.35. The molecule has 2 aromatic rings. The molecule has 0 fully saturated rings. The lowest BCUT2D eigenvalue weighted by atomic mass is 10.1. The second kappa shape index (κ2) is 5.53. The van der Waals surface area contributed by atoms with E-state index in [1.165, 1.54) is 0 Å².